The maximum absolute atomic E-state index is 12.7. The normalized spacial score (nSPS) is 18.6. The van der Waals surface area contributed by atoms with Crippen LogP contribution in [0.25, 0.3) is 11.0 Å². The monoisotopic (exact) mass is 416 g/mol. The van der Waals surface area contributed by atoms with E-state index in [0.29, 0.717) is 12.5 Å². The Kier molecular flexibility index (Phi) is 5.77. The fourth-order valence-corrected chi connectivity index (χ4v) is 5.31. The molecule has 0 radical (unpaired) electrons. The van der Waals surface area contributed by atoms with Crippen molar-refractivity contribution in [3.8, 4) is 0 Å². The quantitative estimate of drug-likeness (QED) is 0.644. The number of nitrogens with zero attached hydrogens (tertiary/aromatic N) is 2. The largest absolute Gasteiger partial charge is 0.348 e. The molecule has 1 unspecified atom stereocenters. The van der Waals surface area contributed by atoms with Crippen LogP contribution in [0, 0.1) is 0 Å². The summed E-state index contributed by atoms with van der Waals surface area (Å²) in [5, 5.41) is 4.45. The fraction of sp³-hybridized carbons (Fsp3) is 0.462. The van der Waals surface area contributed by atoms with Crippen molar-refractivity contribution < 1.29 is 4.79 Å². The van der Waals surface area contributed by atoms with Gasteiger partial charge < -0.3 is 10.3 Å². The summed E-state index contributed by atoms with van der Waals surface area (Å²) in [6.45, 7) is 4.49. The van der Waals surface area contributed by atoms with Gasteiger partial charge in [-0.05, 0) is 98.8 Å². The van der Waals surface area contributed by atoms with Gasteiger partial charge in [-0.1, -0.05) is 18.2 Å². The number of rotatable bonds is 5. The summed E-state index contributed by atoms with van der Waals surface area (Å²) >= 11 is 0. The van der Waals surface area contributed by atoms with Crippen molar-refractivity contribution in [2.45, 2.75) is 57.4 Å². The standard InChI is InChI=1S/C26H32N4O/c1-18(21-9-8-19-5-2-3-6-22(19)15-21)29-25(31)17-30-13-10-20(11-14-30)24-16-28-26-23(24)7-4-12-27-26/h4,7-9,12,15-16,18,20H,2-3,5-6,10-11,13-14,17H2,1H3,(H,27,28)(H,29,31). The minimum absolute atomic E-state index is 0.0518. The van der Waals surface area contributed by atoms with Gasteiger partial charge in [0.2, 0.25) is 5.91 Å². The van der Waals surface area contributed by atoms with Gasteiger partial charge in [0, 0.05) is 17.8 Å². The number of benzene rings is 1. The third kappa shape index (κ3) is 4.38. The van der Waals surface area contributed by atoms with Crippen LogP contribution < -0.4 is 5.32 Å². The second-order valence-electron chi connectivity index (χ2n) is 9.22. The van der Waals surface area contributed by atoms with E-state index in [0.717, 1.165) is 31.6 Å². The number of piperidine rings is 1. The first-order valence-electron chi connectivity index (χ1n) is 11.7. The molecule has 1 aliphatic heterocycles. The Bertz CT molecular complexity index is 1060. The molecule has 1 amide bonds. The van der Waals surface area contributed by atoms with Gasteiger partial charge in [0.25, 0.3) is 0 Å². The van der Waals surface area contributed by atoms with Crippen LogP contribution in [0.15, 0.2) is 42.7 Å². The second kappa shape index (κ2) is 8.83. The molecule has 2 aliphatic rings. The summed E-state index contributed by atoms with van der Waals surface area (Å²) in [5.74, 6) is 0.659. The Labute approximate surface area is 184 Å². The van der Waals surface area contributed by atoms with Crippen LogP contribution in [0.5, 0.6) is 0 Å². The van der Waals surface area contributed by atoms with Crippen LogP contribution >= 0.6 is 0 Å². The average Bonchev–Trinajstić information content (AvgIpc) is 3.23. The molecule has 0 bridgehead atoms. The van der Waals surface area contributed by atoms with E-state index in [1.165, 1.54) is 53.3 Å². The molecule has 0 saturated carbocycles. The topological polar surface area (TPSA) is 61.0 Å². The fourth-order valence-electron chi connectivity index (χ4n) is 5.31. The molecular formula is C26H32N4O. The minimum atomic E-state index is 0.0518. The first kappa shape index (κ1) is 20.3. The molecule has 31 heavy (non-hydrogen) atoms. The molecule has 2 aromatic heterocycles. The number of fused-ring (bicyclic) bond motifs is 2. The van der Waals surface area contributed by atoms with Crippen molar-refractivity contribution in [1.29, 1.82) is 0 Å². The van der Waals surface area contributed by atoms with Gasteiger partial charge in [0.1, 0.15) is 5.65 Å². The number of hydrogen-bond donors (Lipinski definition) is 2. The minimum Gasteiger partial charge on any atom is -0.348 e. The summed E-state index contributed by atoms with van der Waals surface area (Å²) in [6, 6.07) is 11.0. The van der Waals surface area contributed by atoms with Crippen molar-refractivity contribution >= 4 is 16.9 Å². The highest BCUT2D eigenvalue weighted by atomic mass is 16.2. The summed E-state index contributed by atoms with van der Waals surface area (Å²) in [4.78, 5) is 22.7. The molecule has 1 fully saturated rings. The number of carbonyl (C=O) groups excluding carboxylic acids is 1. The molecule has 5 heteroatoms. The number of aryl methyl sites for hydroxylation is 2. The molecule has 1 atom stereocenters. The van der Waals surface area contributed by atoms with Gasteiger partial charge in [-0.25, -0.2) is 4.98 Å². The third-order valence-electron chi connectivity index (χ3n) is 7.13. The van der Waals surface area contributed by atoms with Crippen LogP contribution in [0.1, 0.15) is 66.8 Å². The lowest BCUT2D eigenvalue weighted by Gasteiger charge is -2.31. The van der Waals surface area contributed by atoms with Crippen molar-refractivity contribution in [2.24, 2.45) is 0 Å². The number of hydrogen-bond acceptors (Lipinski definition) is 3. The Morgan fingerprint density at radius 1 is 1.19 bits per heavy atom. The average molecular weight is 417 g/mol. The Morgan fingerprint density at radius 2 is 2.00 bits per heavy atom. The van der Waals surface area contributed by atoms with Gasteiger partial charge in [0.15, 0.2) is 0 Å². The van der Waals surface area contributed by atoms with E-state index in [9.17, 15) is 4.79 Å². The van der Waals surface area contributed by atoms with E-state index < -0.39 is 0 Å². The number of pyridine rings is 1. The first-order valence-corrected chi connectivity index (χ1v) is 11.7. The Morgan fingerprint density at radius 3 is 2.84 bits per heavy atom. The lowest BCUT2D eigenvalue weighted by Crippen LogP contribution is -2.41. The maximum Gasteiger partial charge on any atom is 0.234 e. The van der Waals surface area contributed by atoms with E-state index in [-0.39, 0.29) is 11.9 Å². The summed E-state index contributed by atoms with van der Waals surface area (Å²) < 4.78 is 0. The van der Waals surface area contributed by atoms with Crippen molar-refractivity contribution in [3.63, 3.8) is 0 Å². The van der Waals surface area contributed by atoms with E-state index >= 15 is 0 Å². The molecule has 3 aromatic rings. The number of amides is 1. The SMILES string of the molecule is CC(NC(=O)CN1CCC(c2c[nH]c3ncccc23)CC1)c1ccc2c(c1)CCCC2. The molecule has 5 nitrogen and oxygen atoms in total. The number of aromatic amines is 1. The number of likely N-dealkylation sites (tertiary alicyclic amines) is 1. The van der Waals surface area contributed by atoms with Crippen molar-refractivity contribution in [2.75, 3.05) is 19.6 Å². The van der Waals surface area contributed by atoms with Crippen LogP contribution in [-0.2, 0) is 17.6 Å². The zero-order chi connectivity index (χ0) is 21.2. The maximum atomic E-state index is 12.7. The summed E-state index contributed by atoms with van der Waals surface area (Å²) in [7, 11) is 0. The number of aromatic nitrogens is 2. The summed E-state index contributed by atoms with van der Waals surface area (Å²) in [5.41, 5.74) is 6.52. The van der Waals surface area contributed by atoms with Crippen LogP contribution in [0.2, 0.25) is 0 Å². The molecule has 1 saturated heterocycles. The Balaban J connectivity index is 1.14. The molecule has 1 aromatic carbocycles. The predicted octanol–water partition coefficient (Wildman–Crippen LogP) is 4.50. The molecule has 162 valence electrons. The molecule has 1 aliphatic carbocycles. The van der Waals surface area contributed by atoms with E-state index in [4.69, 9.17) is 0 Å². The van der Waals surface area contributed by atoms with Gasteiger partial charge >= 0.3 is 0 Å². The van der Waals surface area contributed by atoms with Gasteiger partial charge in [-0.3, -0.25) is 9.69 Å². The highest BCUT2D eigenvalue weighted by Gasteiger charge is 2.24. The Hall–Kier alpha value is -2.66. The van der Waals surface area contributed by atoms with Crippen LogP contribution in [-0.4, -0.2) is 40.4 Å². The van der Waals surface area contributed by atoms with Crippen LogP contribution in [0.3, 0.4) is 0 Å². The molecule has 0 spiro atoms. The highest BCUT2D eigenvalue weighted by molar-refractivity contribution is 5.80. The zero-order valence-corrected chi connectivity index (χ0v) is 18.4. The van der Waals surface area contributed by atoms with E-state index in [2.05, 4.69) is 57.6 Å². The zero-order valence-electron chi connectivity index (χ0n) is 18.4. The molecular weight excluding hydrogens is 384 g/mol. The summed E-state index contributed by atoms with van der Waals surface area (Å²) in [6.07, 6.45) is 11.0. The van der Waals surface area contributed by atoms with E-state index in [1.807, 2.05) is 12.3 Å². The molecule has 5 rings (SSSR count). The van der Waals surface area contributed by atoms with Gasteiger partial charge in [0.05, 0.1) is 12.6 Å². The lowest BCUT2D eigenvalue weighted by molar-refractivity contribution is -0.123. The smallest absolute Gasteiger partial charge is 0.234 e. The predicted molar refractivity (Wildman–Crippen MR) is 124 cm³/mol. The number of H-pyrrole nitrogens is 1. The van der Waals surface area contributed by atoms with E-state index in [1.54, 1.807) is 0 Å². The van der Waals surface area contributed by atoms with Gasteiger partial charge in [-0.2, -0.15) is 0 Å². The number of nitrogens with one attached hydrogen (secondary N) is 2. The third-order valence-corrected chi connectivity index (χ3v) is 7.13. The van der Waals surface area contributed by atoms with Gasteiger partial charge in [-0.15, -0.1) is 0 Å². The first-order chi connectivity index (χ1) is 15.2. The second-order valence-corrected chi connectivity index (χ2v) is 9.22. The molecule has 3 heterocycles. The molecule has 2 N–H and O–H groups in total. The highest BCUT2D eigenvalue weighted by Crippen LogP contribution is 2.32. The number of carbonyl (C=O) groups is 1. The van der Waals surface area contributed by atoms with Crippen LogP contribution in [0.4, 0.5) is 0 Å². The van der Waals surface area contributed by atoms with Crippen molar-refractivity contribution in [3.05, 3.63) is 65.0 Å². The lowest BCUT2D eigenvalue weighted by atomic mass is 9.89. The van der Waals surface area contributed by atoms with Crippen molar-refractivity contribution in [1.82, 2.24) is 20.2 Å².